The van der Waals surface area contributed by atoms with E-state index in [1.165, 1.54) is 12.1 Å². The molecule has 1 saturated carbocycles. The van der Waals surface area contributed by atoms with Gasteiger partial charge in [-0.2, -0.15) is 0 Å². The Morgan fingerprint density at radius 3 is 2.41 bits per heavy atom. The van der Waals surface area contributed by atoms with Crippen LogP contribution in [0.2, 0.25) is 0 Å². The SMILES string of the molecule is Cc1ccc(S(=O)(=O)[C@H]2[C@@H](CO)[C@@H]2c2cccc(F)c2)cc1. The van der Waals surface area contributed by atoms with Crippen molar-refractivity contribution >= 4 is 9.84 Å². The number of hydrogen-bond donors (Lipinski definition) is 1. The molecule has 116 valence electrons. The first-order chi connectivity index (χ1) is 10.4. The number of aliphatic hydroxyl groups excluding tert-OH is 1. The molecule has 0 saturated heterocycles. The van der Waals surface area contributed by atoms with Crippen molar-refractivity contribution in [1.82, 2.24) is 0 Å². The van der Waals surface area contributed by atoms with E-state index in [-0.39, 0.29) is 23.3 Å². The predicted molar refractivity (Wildman–Crippen MR) is 81.9 cm³/mol. The lowest BCUT2D eigenvalue weighted by molar-refractivity contribution is 0.274. The van der Waals surface area contributed by atoms with Gasteiger partial charge in [0.25, 0.3) is 0 Å². The summed E-state index contributed by atoms with van der Waals surface area (Å²) in [7, 11) is -3.54. The van der Waals surface area contributed by atoms with Crippen molar-refractivity contribution in [3.63, 3.8) is 0 Å². The molecule has 1 fully saturated rings. The third-order valence-corrected chi connectivity index (χ3v) is 6.54. The highest BCUT2D eigenvalue weighted by Crippen LogP contribution is 2.53. The normalized spacial score (nSPS) is 24.2. The first-order valence-electron chi connectivity index (χ1n) is 7.12. The quantitative estimate of drug-likeness (QED) is 0.942. The second-order valence-electron chi connectivity index (χ2n) is 5.75. The Hall–Kier alpha value is -1.72. The summed E-state index contributed by atoms with van der Waals surface area (Å²) < 4.78 is 38.8. The van der Waals surface area contributed by atoms with Crippen molar-refractivity contribution in [2.24, 2.45) is 5.92 Å². The molecule has 2 aromatic carbocycles. The summed E-state index contributed by atoms with van der Waals surface area (Å²) >= 11 is 0. The molecule has 1 aliphatic rings. The van der Waals surface area contributed by atoms with Crippen LogP contribution in [0.15, 0.2) is 53.4 Å². The average molecular weight is 320 g/mol. The maximum atomic E-state index is 13.4. The fraction of sp³-hybridized carbons (Fsp3) is 0.294. The molecule has 0 amide bonds. The van der Waals surface area contributed by atoms with Crippen LogP contribution < -0.4 is 0 Å². The molecule has 0 aliphatic heterocycles. The van der Waals surface area contributed by atoms with Gasteiger partial charge in [0, 0.05) is 18.4 Å². The van der Waals surface area contributed by atoms with E-state index >= 15 is 0 Å². The number of sulfone groups is 1. The van der Waals surface area contributed by atoms with Crippen LogP contribution in [-0.2, 0) is 9.84 Å². The predicted octanol–water partition coefficient (Wildman–Crippen LogP) is 2.68. The van der Waals surface area contributed by atoms with E-state index in [0.29, 0.717) is 5.56 Å². The average Bonchev–Trinajstić information content (AvgIpc) is 3.23. The first kappa shape index (κ1) is 15.2. The van der Waals surface area contributed by atoms with Crippen molar-refractivity contribution in [2.45, 2.75) is 23.0 Å². The van der Waals surface area contributed by atoms with E-state index in [2.05, 4.69) is 0 Å². The summed E-state index contributed by atoms with van der Waals surface area (Å²) in [4.78, 5) is 0.250. The number of aryl methyl sites for hydroxylation is 1. The van der Waals surface area contributed by atoms with E-state index in [9.17, 15) is 17.9 Å². The standard InChI is InChI=1S/C17H17FO3S/c1-11-5-7-14(8-6-11)22(20,21)17-15(10-19)16(17)12-3-2-4-13(18)9-12/h2-9,15-17,19H,10H2,1H3/t15-,16-,17-/m0/s1. The lowest BCUT2D eigenvalue weighted by Gasteiger charge is -2.05. The molecular formula is C17H17FO3S. The highest BCUT2D eigenvalue weighted by molar-refractivity contribution is 7.92. The van der Waals surface area contributed by atoms with Gasteiger partial charge in [-0.25, -0.2) is 12.8 Å². The molecular weight excluding hydrogens is 303 g/mol. The molecule has 22 heavy (non-hydrogen) atoms. The van der Waals surface area contributed by atoms with Crippen molar-refractivity contribution in [1.29, 1.82) is 0 Å². The number of aliphatic hydroxyl groups is 1. The number of hydrogen-bond acceptors (Lipinski definition) is 3. The van der Waals surface area contributed by atoms with Crippen LogP contribution in [0.4, 0.5) is 4.39 Å². The van der Waals surface area contributed by atoms with Gasteiger partial charge < -0.3 is 5.11 Å². The third kappa shape index (κ3) is 2.55. The summed E-state index contributed by atoms with van der Waals surface area (Å²) in [6, 6.07) is 12.6. The molecule has 0 unspecified atom stereocenters. The highest BCUT2D eigenvalue weighted by Gasteiger charge is 2.58. The second-order valence-corrected chi connectivity index (χ2v) is 7.86. The van der Waals surface area contributed by atoms with Gasteiger partial charge in [-0.15, -0.1) is 0 Å². The van der Waals surface area contributed by atoms with Crippen LogP contribution in [0.5, 0.6) is 0 Å². The van der Waals surface area contributed by atoms with E-state index in [0.717, 1.165) is 5.56 Å². The zero-order chi connectivity index (χ0) is 15.9. The van der Waals surface area contributed by atoms with Crippen LogP contribution in [0.1, 0.15) is 17.0 Å². The Morgan fingerprint density at radius 2 is 1.82 bits per heavy atom. The lowest BCUT2D eigenvalue weighted by Crippen LogP contribution is -2.11. The smallest absolute Gasteiger partial charge is 0.182 e. The summed E-state index contributed by atoms with van der Waals surface area (Å²) in [5.41, 5.74) is 1.61. The monoisotopic (exact) mass is 320 g/mol. The second kappa shape index (κ2) is 5.48. The van der Waals surface area contributed by atoms with Gasteiger partial charge in [-0.1, -0.05) is 29.8 Å². The van der Waals surface area contributed by atoms with Gasteiger partial charge in [0.05, 0.1) is 10.1 Å². The van der Waals surface area contributed by atoms with Crippen LogP contribution in [0.25, 0.3) is 0 Å². The third-order valence-electron chi connectivity index (χ3n) is 4.25. The molecule has 3 rings (SSSR count). The van der Waals surface area contributed by atoms with Crippen molar-refractivity contribution in [3.8, 4) is 0 Å². The molecule has 0 aromatic heterocycles. The summed E-state index contributed by atoms with van der Waals surface area (Å²) in [5, 5.41) is 8.78. The zero-order valence-corrected chi connectivity index (χ0v) is 12.9. The number of rotatable bonds is 4. The van der Waals surface area contributed by atoms with E-state index < -0.39 is 20.9 Å². The van der Waals surface area contributed by atoms with Crippen LogP contribution in [0, 0.1) is 18.7 Å². The maximum absolute atomic E-state index is 13.4. The van der Waals surface area contributed by atoms with Gasteiger partial charge in [-0.3, -0.25) is 0 Å². The Morgan fingerprint density at radius 1 is 1.14 bits per heavy atom. The molecule has 0 bridgehead atoms. The molecule has 5 heteroatoms. The van der Waals surface area contributed by atoms with Gasteiger partial charge in [0.2, 0.25) is 0 Å². The highest BCUT2D eigenvalue weighted by atomic mass is 32.2. The molecule has 3 nitrogen and oxygen atoms in total. The summed E-state index contributed by atoms with van der Waals surface area (Å²) in [6.07, 6.45) is 0. The number of halogens is 1. The molecule has 0 spiro atoms. The van der Waals surface area contributed by atoms with Crippen LogP contribution >= 0.6 is 0 Å². The van der Waals surface area contributed by atoms with E-state index in [1.54, 1.807) is 36.4 Å². The minimum Gasteiger partial charge on any atom is -0.396 e. The fourth-order valence-electron chi connectivity index (χ4n) is 3.02. The lowest BCUT2D eigenvalue weighted by atomic mass is 10.1. The fourth-order valence-corrected chi connectivity index (χ4v) is 5.22. The molecule has 0 radical (unpaired) electrons. The number of benzene rings is 2. The van der Waals surface area contributed by atoms with Crippen LogP contribution in [0.3, 0.4) is 0 Å². The molecule has 3 atom stereocenters. The van der Waals surface area contributed by atoms with Crippen molar-refractivity contribution < 1.29 is 17.9 Å². The first-order valence-corrected chi connectivity index (χ1v) is 8.66. The van der Waals surface area contributed by atoms with Gasteiger partial charge in [0.15, 0.2) is 9.84 Å². The zero-order valence-electron chi connectivity index (χ0n) is 12.1. The van der Waals surface area contributed by atoms with Gasteiger partial charge in [0.1, 0.15) is 5.82 Å². The molecule has 2 aromatic rings. The molecule has 1 aliphatic carbocycles. The van der Waals surface area contributed by atoms with Crippen molar-refractivity contribution in [3.05, 3.63) is 65.5 Å². The molecule has 0 heterocycles. The Balaban J connectivity index is 1.95. The minimum atomic E-state index is -3.54. The minimum absolute atomic E-state index is 0.225. The summed E-state index contributed by atoms with van der Waals surface area (Å²) in [5.74, 6) is -1.13. The van der Waals surface area contributed by atoms with Crippen molar-refractivity contribution in [2.75, 3.05) is 6.61 Å². The topological polar surface area (TPSA) is 54.4 Å². The Kier molecular flexibility index (Phi) is 3.78. The largest absolute Gasteiger partial charge is 0.396 e. The van der Waals surface area contributed by atoms with Gasteiger partial charge in [-0.05, 0) is 36.8 Å². The summed E-state index contributed by atoms with van der Waals surface area (Å²) in [6.45, 7) is 1.66. The molecule has 1 N–H and O–H groups in total. The van der Waals surface area contributed by atoms with Gasteiger partial charge >= 0.3 is 0 Å². The Bertz CT molecular complexity index is 784. The Labute approximate surface area is 129 Å². The van der Waals surface area contributed by atoms with E-state index in [1.807, 2.05) is 6.92 Å². The maximum Gasteiger partial charge on any atom is 0.182 e. The van der Waals surface area contributed by atoms with E-state index in [4.69, 9.17) is 0 Å². The van der Waals surface area contributed by atoms with Crippen LogP contribution in [-0.4, -0.2) is 25.4 Å².